The highest BCUT2D eigenvalue weighted by Gasteiger charge is 2.07. The lowest BCUT2D eigenvalue weighted by Crippen LogP contribution is -2.22. The number of methoxy groups -OCH3 is 1. The van der Waals surface area contributed by atoms with E-state index in [2.05, 4.69) is 4.72 Å². The quantitative estimate of drug-likeness (QED) is 0.777. The topological polar surface area (TPSA) is 81.4 Å². The Balaban J connectivity index is 3.11. The van der Waals surface area contributed by atoms with Crippen LogP contribution in [0.2, 0.25) is 0 Å². The number of anilines is 1. The average Bonchev–Trinajstić information content (AvgIpc) is 2.01. The lowest BCUT2D eigenvalue weighted by molar-refractivity contribution is 0.417. The second-order valence-electron chi connectivity index (χ2n) is 2.85. The first-order valence-electron chi connectivity index (χ1n) is 3.87. The van der Waals surface area contributed by atoms with E-state index in [9.17, 15) is 8.42 Å². The van der Waals surface area contributed by atoms with E-state index >= 15 is 0 Å². The number of aryl methyl sites for hydroxylation is 1. The summed E-state index contributed by atoms with van der Waals surface area (Å²) < 4.78 is 28.7. The Morgan fingerprint density at radius 2 is 2.07 bits per heavy atom. The first kappa shape index (κ1) is 10.8. The Bertz CT molecular complexity index is 428. The zero-order chi connectivity index (χ0) is 10.8. The van der Waals surface area contributed by atoms with Crippen LogP contribution in [0.25, 0.3) is 0 Å². The summed E-state index contributed by atoms with van der Waals surface area (Å²) in [4.78, 5) is 0. The van der Waals surface area contributed by atoms with Crippen LogP contribution in [-0.4, -0.2) is 15.5 Å². The number of nitrogens with one attached hydrogen (secondary N) is 1. The van der Waals surface area contributed by atoms with Crippen LogP contribution in [0.1, 0.15) is 5.56 Å². The lowest BCUT2D eigenvalue weighted by Gasteiger charge is -2.09. The standard InChI is InChI=1S/C8H12N2O3S/c1-6-3-4-8(13-2)7(5-6)10-14(9,11)12/h3-5,10H,1-2H3,(H2,9,11,12). The highest BCUT2D eigenvalue weighted by molar-refractivity contribution is 7.90. The molecule has 0 aliphatic rings. The minimum Gasteiger partial charge on any atom is -0.495 e. The highest BCUT2D eigenvalue weighted by Crippen LogP contribution is 2.25. The molecule has 0 heterocycles. The van der Waals surface area contributed by atoms with Gasteiger partial charge in [0.2, 0.25) is 0 Å². The maximum Gasteiger partial charge on any atom is 0.296 e. The maximum absolute atomic E-state index is 10.8. The van der Waals surface area contributed by atoms with Gasteiger partial charge in [0.1, 0.15) is 5.75 Å². The summed E-state index contributed by atoms with van der Waals surface area (Å²) in [7, 11) is -2.30. The number of nitrogens with two attached hydrogens (primary N) is 1. The minimum atomic E-state index is -3.76. The maximum atomic E-state index is 10.8. The largest absolute Gasteiger partial charge is 0.495 e. The molecule has 0 atom stereocenters. The molecule has 1 rings (SSSR count). The molecular formula is C8H12N2O3S. The van der Waals surface area contributed by atoms with Crippen LogP contribution >= 0.6 is 0 Å². The first-order valence-corrected chi connectivity index (χ1v) is 5.42. The van der Waals surface area contributed by atoms with Crippen LogP contribution in [-0.2, 0) is 10.2 Å². The van der Waals surface area contributed by atoms with Gasteiger partial charge in [0.05, 0.1) is 12.8 Å². The third-order valence-corrected chi connectivity index (χ3v) is 2.11. The van der Waals surface area contributed by atoms with E-state index in [0.717, 1.165) is 5.56 Å². The number of hydrogen-bond acceptors (Lipinski definition) is 3. The van der Waals surface area contributed by atoms with Crippen molar-refractivity contribution in [3.8, 4) is 5.75 Å². The molecule has 0 aromatic heterocycles. The van der Waals surface area contributed by atoms with Crippen molar-refractivity contribution in [3.05, 3.63) is 23.8 Å². The Hall–Kier alpha value is -1.27. The van der Waals surface area contributed by atoms with Crippen molar-refractivity contribution >= 4 is 15.9 Å². The summed E-state index contributed by atoms with van der Waals surface area (Å²) in [6.07, 6.45) is 0. The number of hydrogen-bond donors (Lipinski definition) is 2. The molecular weight excluding hydrogens is 204 g/mol. The van der Waals surface area contributed by atoms with Gasteiger partial charge in [-0.25, -0.2) is 5.14 Å². The van der Waals surface area contributed by atoms with E-state index in [1.807, 2.05) is 13.0 Å². The second-order valence-corrected chi connectivity index (χ2v) is 4.14. The molecule has 5 nitrogen and oxygen atoms in total. The molecule has 0 amide bonds. The molecule has 0 fully saturated rings. The Morgan fingerprint density at radius 3 is 2.57 bits per heavy atom. The molecule has 14 heavy (non-hydrogen) atoms. The summed E-state index contributed by atoms with van der Waals surface area (Å²) in [5, 5.41) is 4.85. The van der Waals surface area contributed by atoms with E-state index in [4.69, 9.17) is 9.88 Å². The van der Waals surface area contributed by atoms with Crippen molar-refractivity contribution in [1.82, 2.24) is 0 Å². The van der Waals surface area contributed by atoms with Gasteiger partial charge in [-0.3, -0.25) is 4.72 Å². The number of ether oxygens (including phenoxy) is 1. The van der Waals surface area contributed by atoms with Gasteiger partial charge in [0, 0.05) is 0 Å². The van der Waals surface area contributed by atoms with Crippen molar-refractivity contribution in [2.45, 2.75) is 6.92 Å². The van der Waals surface area contributed by atoms with Gasteiger partial charge < -0.3 is 4.74 Å². The average molecular weight is 216 g/mol. The number of rotatable bonds is 3. The minimum absolute atomic E-state index is 0.343. The summed E-state index contributed by atoms with van der Waals surface area (Å²) in [5.74, 6) is 0.435. The highest BCUT2D eigenvalue weighted by atomic mass is 32.2. The van der Waals surface area contributed by atoms with Crippen molar-refractivity contribution < 1.29 is 13.2 Å². The van der Waals surface area contributed by atoms with Crippen LogP contribution < -0.4 is 14.6 Å². The van der Waals surface area contributed by atoms with Gasteiger partial charge in [0.25, 0.3) is 10.2 Å². The van der Waals surface area contributed by atoms with Gasteiger partial charge in [-0.2, -0.15) is 8.42 Å². The lowest BCUT2D eigenvalue weighted by atomic mass is 10.2. The third kappa shape index (κ3) is 2.90. The van der Waals surface area contributed by atoms with Crippen molar-refractivity contribution in [2.75, 3.05) is 11.8 Å². The van der Waals surface area contributed by atoms with Gasteiger partial charge in [-0.05, 0) is 24.6 Å². The smallest absolute Gasteiger partial charge is 0.296 e. The molecule has 0 aliphatic carbocycles. The molecule has 3 N–H and O–H groups in total. The van der Waals surface area contributed by atoms with Crippen LogP contribution in [0.3, 0.4) is 0 Å². The monoisotopic (exact) mass is 216 g/mol. The fraction of sp³-hybridized carbons (Fsp3) is 0.250. The molecule has 78 valence electrons. The molecule has 1 aromatic rings. The van der Waals surface area contributed by atoms with E-state index in [-0.39, 0.29) is 0 Å². The summed E-state index contributed by atoms with van der Waals surface area (Å²) >= 11 is 0. The Morgan fingerprint density at radius 1 is 1.43 bits per heavy atom. The Labute approximate surface area is 83.1 Å². The summed E-state index contributed by atoms with van der Waals surface area (Å²) in [6, 6.07) is 5.12. The van der Waals surface area contributed by atoms with E-state index in [1.165, 1.54) is 7.11 Å². The molecule has 0 saturated heterocycles. The normalized spacial score (nSPS) is 11.1. The molecule has 0 bridgehead atoms. The van der Waals surface area contributed by atoms with E-state index in [1.54, 1.807) is 12.1 Å². The summed E-state index contributed by atoms with van der Waals surface area (Å²) in [5.41, 5.74) is 1.26. The van der Waals surface area contributed by atoms with Crippen molar-refractivity contribution in [2.24, 2.45) is 5.14 Å². The molecule has 0 aliphatic heterocycles. The third-order valence-electron chi connectivity index (χ3n) is 1.61. The fourth-order valence-electron chi connectivity index (χ4n) is 1.05. The zero-order valence-corrected chi connectivity index (χ0v) is 8.76. The van der Waals surface area contributed by atoms with Crippen LogP contribution in [0.15, 0.2) is 18.2 Å². The predicted molar refractivity (Wildman–Crippen MR) is 54.5 cm³/mol. The first-order chi connectivity index (χ1) is 6.42. The SMILES string of the molecule is COc1ccc(C)cc1NS(N)(=O)=O. The van der Waals surface area contributed by atoms with Gasteiger partial charge in [0.15, 0.2) is 0 Å². The van der Waals surface area contributed by atoms with Gasteiger partial charge >= 0.3 is 0 Å². The Kier molecular flexibility index (Phi) is 2.97. The predicted octanol–water partition coefficient (Wildman–Crippen LogP) is 0.619. The molecule has 6 heteroatoms. The number of benzene rings is 1. The molecule has 1 aromatic carbocycles. The fourth-order valence-corrected chi connectivity index (χ4v) is 1.52. The second kappa shape index (κ2) is 3.85. The van der Waals surface area contributed by atoms with Crippen LogP contribution in [0.5, 0.6) is 5.75 Å². The zero-order valence-electron chi connectivity index (χ0n) is 7.94. The summed E-state index contributed by atoms with van der Waals surface area (Å²) in [6.45, 7) is 1.84. The van der Waals surface area contributed by atoms with Gasteiger partial charge in [-0.15, -0.1) is 0 Å². The molecule has 0 radical (unpaired) electrons. The van der Waals surface area contributed by atoms with Gasteiger partial charge in [-0.1, -0.05) is 6.07 Å². The molecule has 0 spiro atoms. The van der Waals surface area contributed by atoms with E-state index in [0.29, 0.717) is 11.4 Å². The molecule has 0 saturated carbocycles. The molecule has 0 unspecified atom stereocenters. The van der Waals surface area contributed by atoms with E-state index < -0.39 is 10.2 Å². The van der Waals surface area contributed by atoms with Crippen molar-refractivity contribution in [1.29, 1.82) is 0 Å². The van der Waals surface area contributed by atoms with Crippen LogP contribution in [0, 0.1) is 6.92 Å². The van der Waals surface area contributed by atoms with Crippen LogP contribution in [0.4, 0.5) is 5.69 Å². The van der Waals surface area contributed by atoms with Crippen molar-refractivity contribution in [3.63, 3.8) is 0 Å².